The zero-order chi connectivity index (χ0) is 16.6. The minimum absolute atomic E-state index is 0.0313. The Balaban J connectivity index is 1.70. The molecular formula is C16H18N2O4S. The lowest BCUT2D eigenvalue weighted by molar-refractivity contribution is -0.142. The minimum Gasteiger partial charge on any atom is -0.481 e. The van der Waals surface area contributed by atoms with Crippen molar-refractivity contribution < 1.29 is 19.1 Å². The molecule has 1 fully saturated rings. The number of carbonyl (C=O) groups is 2. The Morgan fingerprint density at radius 2 is 2.26 bits per heavy atom. The number of thiophene rings is 1. The maximum absolute atomic E-state index is 12.4. The summed E-state index contributed by atoms with van der Waals surface area (Å²) in [5.74, 6) is -0.319. The summed E-state index contributed by atoms with van der Waals surface area (Å²) < 4.78 is 5.63. The van der Waals surface area contributed by atoms with Gasteiger partial charge in [0.15, 0.2) is 0 Å². The van der Waals surface area contributed by atoms with Gasteiger partial charge in [0.05, 0.1) is 18.0 Å². The van der Waals surface area contributed by atoms with Crippen molar-refractivity contribution in [3.63, 3.8) is 0 Å². The molecule has 6 nitrogen and oxygen atoms in total. The Morgan fingerprint density at radius 1 is 1.48 bits per heavy atom. The number of hydrogen-bond donors (Lipinski definition) is 1. The molecule has 0 unspecified atom stereocenters. The molecule has 3 rings (SSSR count). The number of amides is 1. The van der Waals surface area contributed by atoms with Crippen LogP contribution in [0.25, 0.3) is 11.5 Å². The van der Waals surface area contributed by atoms with Gasteiger partial charge in [0, 0.05) is 24.0 Å². The number of likely N-dealkylation sites (tertiary alicyclic amines) is 1. The van der Waals surface area contributed by atoms with Crippen LogP contribution in [0.2, 0.25) is 0 Å². The van der Waals surface area contributed by atoms with Crippen LogP contribution >= 0.6 is 11.3 Å². The lowest BCUT2D eigenvalue weighted by Crippen LogP contribution is -2.31. The van der Waals surface area contributed by atoms with Gasteiger partial charge in [-0.25, -0.2) is 4.98 Å². The molecule has 23 heavy (non-hydrogen) atoms. The lowest BCUT2D eigenvalue weighted by atomic mass is 9.99. The first kappa shape index (κ1) is 15.7. The molecule has 0 spiro atoms. The molecule has 2 atom stereocenters. The van der Waals surface area contributed by atoms with E-state index in [1.807, 2.05) is 23.8 Å². The third-order valence-corrected chi connectivity index (χ3v) is 4.94. The molecule has 0 bridgehead atoms. The topological polar surface area (TPSA) is 83.6 Å². The second kappa shape index (κ2) is 6.16. The molecule has 0 saturated carbocycles. The third kappa shape index (κ3) is 3.14. The van der Waals surface area contributed by atoms with Crippen LogP contribution in [0, 0.1) is 18.8 Å². The molecule has 1 aliphatic rings. The number of carboxylic acids is 1. The third-order valence-electron chi connectivity index (χ3n) is 4.26. The summed E-state index contributed by atoms with van der Waals surface area (Å²) in [6, 6.07) is 1.92. The van der Waals surface area contributed by atoms with E-state index in [2.05, 4.69) is 4.98 Å². The Hall–Kier alpha value is -2.15. The molecule has 1 aliphatic heterocycles. The highest BCUT2D eigenvalue weighted by Gasteiger charge is 2.37. The van der Waals surface area contributed by atoms with Gasteiger partial charge in [-0.1, -0.05) is 6.92 Å². The van der Waals surface area contributed by atoms with Crippen LogP contribution < -0.4 is 0 Å². The first-order chi connectivity index (χ1) is 11.0. The average Bonchev–Trinajstić information content (AvgIpc) is 3.19. The number of rotatable bonds is 4. The minimum atomic E-state index is -0.842. The maximum atomic E-state index is 12.4. The first-order valence-electron chi connectivity index (χ1n) is 7.45. The molecule has 1 amide bonds. The fraction of sp³-hybridized carbons (Fsp3) is 0.438. The Kier molecular flexibility index (Phi) is 4.21. The molecule has 122 valence electrons. The van der Waals surface area contributed by atoms with Crippen LogP contribution in [0.15, 0.2) is 21.2 Å². The van der Waals surface area contributed by atoms with Crippen molar-refractivity contribution in [3.8, 4) is 11.5 Å². The van der Waals surface area contributed by atoms with Crippen molar-refractivity contribution in [2.45, 2.75) is 20.3 Å². The van der Waals surface area contributed by atoms with E-state index >= 15 is 0 Å². The van der Waals surface area contributed by atoms with Crippen molar-refractivity contribution in [2.24, 2.45) is 11.8 Å². The number of nitrogens with zero attached hydrogens (tertiary/aromatic N) is 2. The van der Waals surface area contributed by atoms with E-state index in [1.54, 1.807) is 23.2 Å². The molecule has 0 aliphatic carbocycles. The number of carbonyl (C=O) groups excluding carboxylic acids is 1. The number of carboxylic acid groups (broad SMARTS) is 1. The highest BCUT2D eigenvalue weighted by molar-refractivity contribution is 7.08. The van der Waals surface area contributed by atoms with Crippen LogP contribution in [-0.4, -0.2) is 40.0 Å². The van der Waals surface area contributed by atoms with Crippen LogP contribution in [-0.2, 0) is 16.0 Å². The fourth-order valence-electron chi connectivity index (χ4n) is 2.85. The van der Waals surface area contributed by atoms with Gasteiger partial charge in [-0.05, 0) is 24.3 Å². The monoisotopic (exact) mass is 334 g/mol. The number of aromatic nitrogens is 1. The van der Waals surface area contributed by atoms with E-state index < -0.39 is 11.9 Å². The van der Waals surface area contributed by atoms with Crippen molar-refractivity contribution in [1.82, 2.24) is 9.88 Å². The summed E-state index contributed by atoms with van der Waals surface area (Å²) in [4.78, 5) is 29.6. The van der Waals surface area contributed by atoms with Gasteiger partial charge in [-0.3, -0.25) is 9.59 Å². The van der Waals surface area contributed by atoms with E-state index in [0.717, 1.165) is 5.56 Å². The predicted octanol–water partition coefficient (Wildman–Crippen LogP) is 2.43. The van der Waals surface area contributed by atoms with Gasteiger partial charge in [-0.2, -0.15) is 11.3 Å². The second-order valence-corrected chi connectivity index (χ2v) is 6.71. The first-order valence-corrected chi connectivity index (χ1v) is 8.39. The van der Waals surface area contributed by atoms with Crippen LogP contribution in [0.5, 0.6) is 0 Å². The SMILES string of the molecule is Cc1oc(-c2ccsc2)nc1CC(=O)N1C[C@@H](C)[C@H](C(=O)O)C1. The van der Waals surface area contributed by atoms with Crippen LogP contribution in [0.4, 0.5) is 0 Å². The number of oxazole rings is 1. The zero-order valence-electron chi connectivity index (χ0n) is 13.0. The summed E-state index contributed by atoms with van der Waals surface area (Å²) in [6.45, 7) is 4.40. The Morgan fingerprint density at radius 3 is 2.87 bits per heavy atom. The van der Waals surface area contributed by atoms with E-state index in [9.17, 15) is 9.59 Å². The van der Waals surface area contributed by atoms with Crippen LogP contribution in [0.3, 0.4) is 0 Å². The largest absolute Gasteiger partial charge is 0.481 e. The van der Waals surface area contributed by atoms with Gasteiger partial charge >= 0.3 is 5.97 Å². The molecule has 1 saturated heterocycles. The molecule has 7 heteroatoms. The summed E-state index contributed by atoms with van der Waals surface area (Å²) in [5, 5.41) is 13.0. The van der Waals surface area contributed by atoms with Crippen molar-refractivity contribution >= 4 is 23.2 Å². The summed E-state index contributed by atoms with van der Waals surface area (Å²) in [5.41, 5.74) is 1.51. The van der Waals surface area contributed by atoms with E-state index in [1.165, 1.54) is 0 Å². The van der Waals surface area contributed by atoms with Crippen molar-refractivity contribution in [3.05, 3.63) is 28.3 Å². The predicted molar refractivity (Wildman–Crippen MR) is 85.1 cm³/mol. The summed E-state index contributed by atoms with van der Waals surface area (Å²) in [6.07, 6.45) is 0.137. The van der Waals surface area contributed by atoms with Crippen molar-refractivity contribution in [1.29, 1.82) is 0 Å². The Labute approximate surface area is 137 Å². The summed E-state index contributed by atoms with van der Waals surface area (Å²) >= 11 is 1.56. The zero-order valence-corrected chi connectivity index (χ0v) is 13.8. The lowest BCUT2D eigenvalue weighted by Gasteiger charge is -2.15. The second-order valence-electron chi connectivity index (χ2n) is 5.93. The van der Waals surface area contributed by atoms with Crippen molar-refractivity contribution in [2.75, 3.05) is 13.1 Å². The molecule has 0 radical (unpaired) electrons. The van der Waals surface area contributed by atoms with E-state index in [4.69, 9.17) is 9.52 Å². The number of hydrogen-bond acceptors (Lipinski definition) is 5. The molecule has 0 aromatic carbocycles. The average molecular weight is 334 g/mol. The Bertz CT molecular complexity index is 723. The quantitative estimate of drug-likeness (QED) is 0.928. The van der Waals surface area contributed by atoms with Gasteiger partial charge in [-0.15, -0.1) is 0 Å². The molecule has 2 aromatic rings. The highest BCUT2D eigenvalue weighted by atomic mass is 32.1. The maximum Gasteiger partial charge on any atom is 0.308 e. The van der Waals surface area contributed by atoms with Crippen LogP contribution in [0.1, 0.15) is 18.4 Å². The van der Waals surface area contributed by atoms with Gasteiger partial charge in [0.1, 0.15) is 5.76 Å². The molecule has 1 N–H and O–H groups in total. The highest BCUT2D eigenvalue weighted by Crippen LogP contribution is 2.26. The van der Waals surface area contributed by atoms with Gasteiger partial charge in [0.2, 0.25) is 11.8 Å². The van der Waals surface area contributed by atoms with E-state index in [0.29, 0.717) is 23.9 Å². The molecule has 2 aromatic heterocycles. The molecular weight excluding hydrogens is 316 g/mol. The van der Waals surface area contributed by atoms with Gasteiger partial charge in [0.25, 0.3) is 0 Å². The fourth-order valence-corrected chi connectivity index (χ4v) is 3.48. The van der Waals surface area contributed by atoms with Gasteiger partial charge < -0.3 is 14.4 Å². The number of aliphatic carboxylic acids is 1. The number of aryl methyl sites for hydroxylation is 1. The smallest absolute Gasteiger partial charge is 0.308 e. The van der Waals surface area contributed by atoms with E-state index in [-0.39, 0.29) is 24.8 Å². The molecule has 3 heterocycles. The normalized spacial score (nSPS) is 20.9. The summed E-state index contributed by atoms with van der Waals surface area (Å²) in [7, 11) is 0. The standard InChI is InChI=1S/C16H18N2O4S/c1-9-6-18(7-12(9)16(20)21)14(19)5-13-10(2)22-15(17-13)11-3-4-23-8-11/h3-4,8-9,12H,5-7H2,1-2H3,(H,20,21)/t9-,12-/m1/s1.